The molecule has 2 fully saturated rings. The lowest BCUT2D eigenvalue weighted by molar-refractivity contribution is 0.266. The predicted molar refractivity (Wildman–Crippen MR) is 84.9 cm³/mol. The zero-order chi connectivity index (χ0) is 14.4. The van der Waals surface area contributed by atoms with Crippen LogP contribution < -0.4 is 11.5 Å². The molecular weight excluding hydrogens is 232 g/mol. The van der Waals surface area contributed by atoms with Crippen molar-refractivity contribution in [3.05, 3.63) is 12.2 Å². The molecule has 0 aromatic carbocycles. The molecular formula is C17H34N2. The van der Waals surface area contributed by atoms with Crippen LogP contribution in [-0.2, 0) is 0 Å². The summed E-state index contributed by atoms with van der Waals surface area (Å²) in [7, 11) is 0. The van der Waals surface area contributed by atoms with Crippen LogP contribution in [0.3, 0.4) is 0 Å². The third-order valence-corrected chi connectivity index (χ3v) is 4.93. The number of rotatable bonds is 1. The second kappa shape index (κ2) is 8.06. The number of allylic oxidation sites excluding steroid dienone is 1. The molecule has 0 aliphatic heterocycles. The van der Waals surface area contributed by atoms with Gasteiger partial charge in [0.15, 0.2) is 0 Å². The van der Waals surface area contributed by atoms with Gasteiger partial charge in [0.05, 0.1) is 0 Å². The molecule has 2 heteroatoms. The van der Waals surface area contributed by atoms with Crippen LogP contribution in [0.5, 0.6) is 0 Å². The van der Waals surface area contributed by atoms with Gasteiger partial charge < -0.3 is 11.5 Å². The van der Waals surface area contributed by atoms with Gasteiger partial charge in [-0.05, 0) is 56.8 Å². The summed E-state index contributed by atoms with van der Waals surface area (Å²) in [6.45, 7) is 10.6. The summed E-state index contributed by atoms with van der Waals surface area (Å²) >= 11 is 0. The van der Waals surface area contributed by atoms with Crippen molar-refractivity contribution in [1.82, 2.24) is 0 Å². The summed E-state index contributed by atoms with van der Waals surface area (Å²) in [5, 5.41) is 0. The van der Waals surface area contributed by atoms with Gasteiger partial charge >= 0.3 is 0 Å². The van der Waals surface area contributed by atoms with Crippen LogP contribution in [0.4, 0.5) is 0 Å². The zero-order valence-electron chi connectivity index (χ0n) is 13.2. The highest BCUT2D eigenvalue weighted by atomic mass is 14.7. The van der Waals surface area contributed by atoms with Crippen LogP contribution in [0.1, 0.15) is 65.7 Å². The largest absolute Gasteiger partial charge is 0.328 e. The van der Waals surface area contributed by atoms with Crippen molar-refractivity contribution in [2.75, 3.05) is 0 Å². The highest BCUT2D eigenvalue weighted by Gasteiger charge is 2.21. The molecule has 2 aliphatic carbocycles. The number of nitrogens with two attached hydrogens (primary N) is 2. The van der Waals surface area contributed by atoms with Crippen molar-refractivity contribution in [3.8, 4) is 0 Å². The van der Waals surface area contributed by atoms with Crippen LogP contribution in [0.2, 0.25) is 0 Å². The van der Waals surface area contributed by atoms with Crippen LogP contribution in [0.25, 0.3) is 0 Å². The van der Waals surface area contributed by atoms with E-state index in [1.54, 1.807) is 0 Å². The van der Waals surface area contributed by atoms with Gasteiger partial charge in [0, 0.05) is 12.1 Å². The van der Waals surface area contributed by atoms with Crippen molar-refractivity contribution < 1.29 is 0 Å². The Hall–Kier alpha value is -0.340. The third-order valence-electron chi connectivity index (χ3n) is 4.93. The molecule has 0 bridgehead atoms. The monoisotopic (exact) mass is 266 g/mol. The molecule has 0 heterocycles. The minimum Gasteiger partial charge on any atom is -0.328 e. The van der Waals surface area contributed by atoms with Gasteiger partial charge in [-0.1, -0.05) is 38.8 Å². The summed E-state index contributed by atoms with van der Waals surface area (Å²) in [4.78, 5) is 0. The maximum absolute atomic E-state index is 5.87. The lowest BCUT2D eigenvalue weighted by Gasteiger charge is -2.29. The van der Waals surface area contributed by atoms with Gasteiger partial charge in [0.25, 0.3) is 0 Å². The fourth-order valence-electron chi connectivity index (χ4n) is 3.25. The van der Waals surface area contributed by atoms with E-state index in [1.807, 2.05) is 0 Å². The van der Waals surface area contributed by atoms with E-state index in [-0.39, 0.29) is 0 Å². The van der Waals surface area contributed by atoms with Gasteiger partial charge in [0.2, 0.25) is 0 Å². The van der Waals surface area contributed by atoms with E-state index in [1.165, 1.54) is 44.1 Å². The van der Waals surface area contributed by atoms with Crippen LogP contribution in [0, 0.1) is 17.8 Å². The average Bonchev–Trinajstić information content (AvgIpc) is 2.35. The first-order chi connectivity index (χ1) is 8.90. The Bertz CT molecular complexity index is 274. The van der Waals surface area contributed by atoms with Crippen LogP contribution in [-0.4, -0.2) is 12.1 Å². The summed E-state index contributed by atoms with van der Waals surface area (Å²) in [5.41, 5.74) is 13.0. The van der Waals surface area contributed by atoms with Crippen molar-refractivity contribution >= 4 is 0 Å². The molecule has 2 nitrogen and oxygen atoms in total. The Morgan fingerprint density at radius 2 is 1.68 bits per heavy atom. The maximum atomic E-state index is 5.87. The molecule has 0 aromatic heterocycles. The average molecular weight is 266 g/mol. The Balaban J connectivity index is 0.000000191. The van der Waals surface area contributed by atoms with Gasteiger partial charge in [-0.25, -0.2) is 0 Å². The molecule has 0 spiro atoms. The topological polar surface area (TPSA) is 52.0 Å². The summed E-state index contributed by atoms with van der Waals surface area (Å²) < 4.78 is 0. The van der Waals surface area contributed by atoms with E-state index in [9.17, 15) is 0 Å². The van der Waals surface area contributed by atoms with E-state index in [4.69, 9.17) is 11.5 Å². The molecule has 2 rings (SSSR count). The van der Waals surface area contributed by atoms with E-state index < -0.39 is 0 Å². The smallest absolute Gasteiger partial charge is 0.00670 e. The molecule has 2 aliphatic rings. The van der Waals surface area contributed by atoms with Gasteiger partial charge in [-0.3, -0.25) is 0 Å². The molecule has 112 valence electrons. The number of hydrogen-bond donors (Lipinski definition) is 2. The molecule has 5 atom stereocenters. The first kappa shape index (κ1) is 16.7. The molecule has 0 aromatic rings. The number of hydrogen-bond acceptors (Lipinski definition) is 2. The van der Waals surface area contributed by atoms with E-state index >= 15 is 0 Å². The summed E-state index contributed by atoms with van der Waals surface area (Å²) in [6.07, 6.45) is 8.93. The highest BCUT2D eigenvalue weighted by molar-refractivity contribution is 4.98. The van der Waals surface area contributed by atoms with E-state index in [0.717, 1.165) is 18.3 Å². The Morgan fingerprint density at radius 1 is 1.00 bits per heavy atom. The third kappa shape index (κ3) is 6.09. The maximum Gasteiger partial charge on any atom is 0.00670 e. The van der Waals surface area contributed by atoms with Gasteiger partial charge in [0.1, 0.15) is 0 Å². The van der Waals surface area contributed by atoms with Crippen molar-refractivity contribution in [1.29, 1.82) is 0 Å². The van der Waals surface area contributed by atoms with Crippen molar-refractivity contribution in [3.63, 3.8) is 0 Å². The summed E-state index contributed by atoms with van der Waals surface area (Å²) in [6, 6.07) is 0.921. The van der Waals surface area contributed by atoms with Gasteiger partial charge in [-0.2, -0.15) is 0 Å². The Labute approximate surface area is 120 Å². The van der Waals surface area contributed by atoms with Crippen molar-refractivity contribution in [2.24, 2.45) is 29.2 Å². The molecule has 2 saturated carbocycles. The molecule has 0 saturated heterocycles. The molecule has 4 N–H and O–H groups in total. The van der Waals surface area contributed by atoms with E-state index in [2.05, 4.69) is 27.4 Å². The Morgan fingerprint density at radius 3 is 2.11 bits per heavy atom. The summed E-state index contributed by atoms with van der Waals surface area (Å²) in [5.74, 6) is 2.35. The highest BCUT2D eigenvalue weighted by Crippen LogP contribution is 2.28. The first-order valence-electron chi connectivity index (χ1n) is 8.06. The van der Waals surface area contributed by atoms with Crippen LogP contribution >= 0.6 is 0 Å². The standard InChI is InChI=1S/C9H17N.C8H17N/c1-7(2)8-4-3-5-9(10)6-8;1-6-3-4-7(2)8(9)5-6/h8-9H,1,3-6,10H2,2H3;6-8H,3-5,9H2,1-2H3. The predicted octanol–water partition coefficient (Wildman–Crippen LogP) is 3.85. The minimum absolute atomic E-state index is 0.440. The first-order valence-corrected chi connectivity index (χ1v) is 8.06. The second-order valence-electron chi connectivity index (χ2n) is 7.03. The normalized spacial score (nSPS) is 39.1. The molecule has 0 radical (unpaired) electrons. The SMILES string of the molecule is C=C(C)C1CCCC(N)C1.CC1CCC(C)C(N)C1. The van der Waals surface area contributed by atoms with Gasteiger partial charge in [-0.15, -0.1) is 0 Å². The minimum atomic E-state index is 0.440. The Kier molecular flexibility index (Phi) is 7.09. The lowest BCUT2D eigenvalue weighted by Crippen LogP contribution is -2.34. The quantitative estimate of drug-likeness (QED) is 0.708. The second-order valence-corrected chi connectivity index (χ2v) is 7.03. The molecule has 19 heavy (non-hydrogen) atoms. The molecule has 5 unspecified atom stereocenters. The molecule has 0 amide bonds. The van der Waals surface area contributed by atoms with Crippen LogP contribution in [0.15, 0.2) is 12.2 Å². The zero-order valence-corrected chi connectivity index (χ0v) is 13.2. The van der Waals surface area contributed by atoms with Crippen molar-refractivity contribution in [2.45, 2.75) is 77.8 Å². The lowest BCUT2D eigenvalue weighted by atomic mass is 9.81. The fraction of sp³-hybridized carbons (Fsp3) is 0.882. The van der Waals surface area contributed by atoms with E-state index in [0.29, 0.717) is 18.0 Å². The fourth-order valence-corrected chi connectivity index (χ4v) is 3.25.